The van der Waals surface area contributed by atoms with E-state index < -0.39 is 0 Å². The predicted octanol–water partition coefficient (Wildman–Crippen LogP) is 0.503. The van der Waals surface area contributed by atoms with E-state index in [1.165, 1.54) is 32.0 Å². The van der Waals surface area contributed by atoms with Crippen molar-refractivity contribution in [3.63, 3.8) is 0 Å². The van der Waals surface area contributed by atoms with E-state index in [2.05, 4.69) is 60.7 Å². The first-order valence-corrected chi connectivity index (χ1v) is 5.55. The highest BCUT2D eigenvalue weighted by molar-refractivity contribution is 5.78. The fraction of sp³-hybridized carbons (Fsp3) is 0. The predicted molar refractivity (Wildman–Crippen MR) is 68.2 cm³/mol. The highest BCUT2D eigenvalue weighted by Crippen LogP contribution is 2.12. The lowest BCUT2D eigenvalue weighted by Crippen LogP contribution is -2.33. The molecule has 0 atom stereocenters. The fourth-order valence-electron chi connectivity index (χ4n) is 2.36. The van der Waals surface area contributed by atoms with Gasteiger partial charge in [-0.15, -0.1) is 0 Å². The van der Waals surface area contributed by atoms with Gasteiger partial charge in [-0.25, -0.2) is 0 Å². The van der Waals surface area contributed by atoms with Crippen molar-refractivity contribution in [3.8, 4) is 11.1 Å². The molecule has 0 nitrogen and oxygen atoms in total. The highest BCUT2D eigenvalue weighted by atomic mass is 14.1. The van der Waals surface area contributed by atoms with E-state index in [0.29, 0.717) is 0 Å². The van der Waals surface area contributed by atoms with Gasteiger partial charge in [0, 0.05) is 0 Å². The molecule has 2 aromatic carbocycles. The van der Waals surface area contributed by atoms with E-state index in [9.17, 15) is 0 Å². The molecule has 0 N–H and O–H groups in total. The van der Waals surface area contributed by atoms with Gasteiger partial charge in [0.2, 0.25) is 0 Å². The van der Waals surface area contributed by atoms with Crippen LogP contribution in [0.2, 0.25) is 0 Å². The molecule has 0 unspecified atom stereocenters. The minimum absolute atomic E-state index is 1.32. The van der Waals surface area contributed by atoms with Gasteiger partial charge in [0.15, 0.2) is 0 Å². The lowest BCUT2D eigenvalue weighted by atomic mass is 9.95. The Morgan fingerprint density at radius 2 is 1.50 bits per heavy atom. The van der Waals surface area contributed by atoms with Crippen LogP contribution in [0, 0.1) is 0 Å². The highest BCUT2D eigenvalue weighted by Gasteiger charge is 2.04. The molecule has 2 aliphatic rings. The Morgan fingerprint density at radius 3 is 2.19 bits per heavy atom. The average molecular weight is 202 g/mol. The Kier molecular flexibility index (Phi) is 1.39. The van der Waals surface area contributed by atoms with E-state index in [1.807, 2.05) is 0 Å². The van der Waals surface area contributed by atoms with Crippen molar-refractivity contribution in [2.45, 2.75) is 0 Å². The van der Waals surface area contributed by atoms with E-state index in [1.54, 1.807) is 0 Å². The van der Waals surface area contributed by atoms with Crippen LogP contribution in [-0.4, -0.2) is 0 Å². The van der Waals surface area contributed by atoms with E-state index in [0.717, 1.165) is 0 Å². The molecule has 0 saturated carbocycles. The molecule has 4 rings (SSSR count). The molecule has 0 fully saturated rings. The van der Waals surface area contributed by atoms with Gasteiger partial charge < -0.3 is 0 Å². The molecule has 0 radical (unpaired) electrons. The largest absolute Gasteiger partial charge is 0.0610 e. The summed E-state index contributed by atoms with van der Waals surface area (Å²) in [6.07, 6.45) is 8.69. The Morgan fingerprint density at radius 1 is 0.625 bits per heavy atom. The van der Waals surface area contributed by atoms with Crippen molar-refractivity contribution < 1.29 is 0 Å². The Labute approximate surface area is 93.2 Å². The normalized spacial score (nSPS) is 13.8. The Balaban J connectivity index is 2.05. The number of hydrogen-bond donors (Lipinski definition) is 0. The van der Waals surface area contributed by atoms with Crippen LogP contribution in [0.3, 0.4) is 0 Å². The minimum Gasteiger partial charge on any atom is -0.0610 e. The van der Waals surface area contributed by atoms with Crippen LogP contribution in [-0.2, 0) is 0 Å². The monoisotopic (exact) mass is 202 g/mol. The molecule has 0 aromatic heterocycles. The van der Waals surface area contributed by atoms with E-state index in [4.69, 9.17) is 0 Å². The average Bonchev–Trinajstić information content (AvgIpc) is 2.22. The quantitative estimate of drug-likeness (QED) is 0.632. The van der Waals surface area contributed by atoms with Crippen LogP contribution in [0.1, 0.15) is 0 Å². The first-order valence-electron chi connectivity index (χ1n) is 5.55. The summed E-state index contributed by atoms with van der Waals surface area (Å²) in [5.74, 6) is 0. The second kappa shape index (κ2) is 2.73. The van der Waals surface area contributed by atoms with Gasteiger partial charge in [0.05, 0.1) is 0 Å². The smallest absolute Gasteiger partial charge is 0.0105 e. The third-order valence-corrected chi connectivity index (χ3v) is 3.41. The molecule has 0 aliphatic heterocycles. The Bertz CT molecular complexity index is 837. The van der Waals surface area contributed by atoms with Gasteiger partial charge in [-0.2, -0.15) is 0 Å². The summed E-state index contributed by atoms with van der Waals surface area (Å²) in [6, 6.07) is 13.2. The summed E-state index contributed by atoms with van der Waals surface area (Å²) in [4.78, 5) is 0. The molecule has 0 spiro atoms. The van der Waals surface area contributed by atoms with E-state index >= 15 is 0 Å². The first kappa shape index (κ1) is 8.12. The summed E-state index contributed by atoms with van der Waals surface area (Å²) in [5, 5.41) is 5.45. The standard InChI is InChI=1S/C16H10/c1-2-12-8-9-16(12)15(3-1)14-7-5-11-4-6-13(11)10-14/h1-10H. The zero-order valence-corrected chi connectivity index (χ0v) is 8.77. The third kappa shape index (κ3) is 0.938. The summed E-state index contributed by atoms with van der Waals surface area (Å²) in [6.45, 7) is 0. The van der Waals surface area contributed by atoms with Crippen LogP contribution in [0.5, 0.6) is 0 Å². The molecule has 0 heteroatoms. The van der Waals surface area contributed by atoms with Crippen molar-refractivity contribution in [2.75, 3.05) is 0 Å². The lowest BCUT2D eigenvalue weighted by molar-refractivity contribution is 1.44. The molecule has 0 saturated heterocycles. The number of fused-ring (bicyclic) bond motifs is 2. The molecule has 74 valence electrons. The topological polar surface area (TPSA) is 0 Å². The molecule has 0 bridgehead atoms. The Hall–Kier alpha value is -2.08. The van der Waals surface area contributed by atoms with Crippen LogP contribution in [0.25, 0.3) is 35.4 Å². The molecular weight excluding hydrogens is 192 g/mol. The second-order valence-corrected chi connectivity index (χ2v) is 4.32. The molecule has 0 amide bonds. The molecule has 2 aromatic rings. The SMILES string of the molecule is C1=c2ccc(-c3cccc4c3=CC=4)cc2=C1. The maximum absolute atomic E-state index is 2.27. The van der Waals surface area contributed by atoms with Gasteiger partial charge >= 0.3 is 0 Å². The lowest BCUT2D eigenvalue weighted by Gasteiger charge is -2.09. The van der Waals surface area contributed by atoms with Crippen molar-refractivity contribution >= 4 is 24.3 Å². The van der Waals surface area contributed by atoms with Crippen LogP contribution < -0.4 is 20.9 Å². The van der Waals surface area contributed by atoms with Crippen LogP contribution >= 0.6 is 0 Å². The van der Waals surface area contributed by atoms with Gasteiger partial charge in [-0.05, 0) is 38.1 Å². The summed E-state index contributed by atoms with van der Waals surface area (Å²) in [7, 11) is 0. The van der Waals surface area contributed by atoms with Crippen LogP contribution in [0.4, 0.5) is 0 Å². The molecule has 0 heterocycles. The third-order valence-electron chi connectivity index (χ3n) is 3.41. The summed E-state index contributed by atoms with van der Waals surface area (Å²) >= 11 is 0. The summed E-state index contributed by atoms with van der Waals surface area (Å²) < 4.78 is 0. The number of benzene rings is 2. The summed E-state index contributed by atoms with van der Waals surface area (Å²) in [5.41, 5.74) is 2.67. The number of rotatable bonds is 1. The van der Waals surface area contributed by atoms with Crippen molar-refractivity contribution in [1.29, 1.82) is 0 Å². The van der Waals surface area contributed by atoms with Gasteiger partial charge in [0.25, 0.3) is 0 Å². The fourth-order valence-corrected chi connectivity index (χ4v) is 2.36. The van der Waals surface area contributed by atoms with Crippen LogP contribution in [0.15, 0.2) is 36.4 Å². The maximum atomic E-state index is 2.27. The molecule has 16 heavy (non-hydrogen) atoms. The van der Waals surface area contributed by atoms with E-state index in [-0.39, 0.29) is 0 Å². The van der Waals surface area contributed by atoms with Crippen molar-refractivity contribution in [2.24, 2.45) is 0 Å². The van der Waals surface area contributed by atoms with Gasteiger partial charge in [0.1, 0.15) is 0 Å². The van der Waals surface area contributed by atoms with Crippen molar-refractivity contribution in [3.05, 3.63) is 57.3 Å². The molecule has 2 aliphatic carbocycles. The molecular formula is C16H10. The van der Waals surface area contributed by atoms with Crippen molar-refractivity contribution in [1.82, 2.24) is 0 Å². The minimum atomic E-state index is 1.32. The van der Waals surface area contributed by atoms with Gasteiger partial charge in [-0.3, -0.25) is 0 Å². The van der Waals surface area contributed by atoms with Gasteiger partial charge in [-0.1, -0.05) is 54.6 Å². The maximum Gasteiger partial charge on any atom is -0.0105 e. The first-order chi connectivity index (χ1) is 7.92. The second-order valence-electron chi connectivity index (χ2n) is 4.32. The zero-order chi connectivity index (χ0) is 10.5. The zero-order valence-electron chi connectivity index (χ0n) is 8.77. The number of hydrogen-bond acceptors (Lipinski definition) is 0.